The maximum absolute atomic E-state index is 11.8. The number of hydrogen-bond donors (Lipinski definition) is 3. The number of rotatable bonds is 4. The summed E-state index contributed by atoms with van der Waals surface area (Å²) in [5, 5.41) is 10.6. The van der Waals surface area contributed by atoms with Gasteiger partial charge < -0.3 is 10.6 Å². The topological polar surface area (TPSA) is 101 Å². The van der Waals surface area contributed by atoms with Crippen LogP contribution in [-0.2, 0) is 23.1 Å². The summed E-state index contributed by atoms with van der Waals surface area (Å²) in [5.74, 6) is -0.543. The summed E-state index contributed by atoms with van der Waals surface area (Å²) in [7, 11) is -3.54. The monoisotopic (exact) mass is 269 g/mol. The van der Waals surface area contributed by atoms with E-state index in [-0.39, 0.29) is 18.2 Å². The van der Waals surface area contributed by atoms with Crippen molar-refractivity contribution in [3.8, 4) is 0 Å². The van der Waals surface area contributed by atoms with E-state index in [1.54, 1.807) is 6.07 Å². The third-order valence-electron chi connectivity index (χ3n) is 2.77. The highest BCUT2D eigenvalue weighted by Gasteiger charge is 2.13. The van der Waals surface area contributed by atoms with Gasteiger partial charge in [0.15, 0.2) is 0 Å². The molecule has 0 aliphatic carbocycles. The first-order valence-corrected chi connectivity index (χ1v) is 7.28. The Morgan fingerprint density at radius 2 is 2.06 bits per heavy atom. The molecule has 0 unspecified atom stereocenters. The summed E-state index contributed by atoms with van der Waals surface area (Å²) in [6.45, 7) is 1.60. The Morgan fingerprint density at radius 3 is 2.78 bits per heavy atom. The Kier molecular flexibility index (Phi) is 3.65. The molecule has 0 aromatic heterocycles. The molecule has 1 aliphatic rings. The number of hydrogen-bond acceptors (Lipinski definition) is 4. The highest BCUT2D eigenvalue weighted by atomic mass is 32.2. The quantitative estimate of drug-likeness (QED) is 0.673. The van der Waals surface area contributed by atoms with Crippen LogP contribution in [0.1, 0.15) is 21.5 Å². The molecule has 1 heterocycles. The van der Waals surface area contributed by atoms with Crippen molar-refractivity contribution in [3.63, 3.8) is 0 Å². The standard InChI is InChI=1S/C11H15N3O3S/c12-18(16,17)4-3-14-11(15)8-1-2-9-6-13-7-10(9)5-8/h1-2,5,13H,3-4,6-7H2,(H,14,15)(H2,12,16,17). The molecule has 1 aromatic carbocycles. The van der Waals surface area contributed by atoms with Gasteiger partial charge in [-0.25, -0.2) is 13.6 Å². The number of fused-ring (bicyclic) bond motifs is 1. The minimum absolute atomic E-state index is 0.0208. The zero-order valence-corrected chi connectivity index (χ0v) is 10.6. The van der Waals surface area contributed by atoms with Gasteiger partial charge in [0.25, 0.3) is 5.91 Å². The number of carbonyl (C=O) groups is 1. The number of amides is 1. The van der Waals surface area contributed by atoms with Crippen molar-refractivity contribution in [1.82, 2.24) is 10.6 Å². The van der Waals surface area contributed by atoms with E-state index in [0.717, 1.165) is 18.7 Å². The molecular formula is C11H15N3O3S. The molecule has 0 atom stereocenters. The highest BCUT2D eigenvalue weighted by molar-refractivity contribution is 7.89. The van der Waals surface area contributed by atoms with Crippen LogP contribution in [0.4, 0.5) is 0 Å². The van der Waals surface area contributed by atoms with Crippen molar-refractivity contribution in [2.75, 3.05) is 12.3 Å². The number of nitrogens with two attached hydrogens (primary N) is 1. The van der Waals surface area contributed by atoms with Gasteiger partial charge in [0.1, 0.15) is 0 Å². The maximum atomic E-state index is 11.8. The van der Waals surface area contributed by atoms with Crippen molar-refractivity contribution in [3.05, 3.63) is 34.9 Å². The molecule has 0 bridgehead atoms. The molecule has 0 spiro atoms. The van der Waals surface area contributed by atoms with Crippen LogP contribution in [0.2, 0.25) is 0 Å². The molecule has 0 radical (unpaired) electrons. The lowest BCUT2D eigenvalue weighted by Gasteiger charge is -2.06. The van der Waals surface area contributed by atoms with Crippen LogP contribution in [0.25, 0.3) is 0 Å². The van der Waals surface area contributed by atoms with Gasteiger partial charge in [0.2, 0.25) is 10.0 Å². The highest BCUT2D eigenvalue weighted by Crippen LogP contribution is 2.16. The van der Waals surface area contributed by atoms with E-state index in [1.807, 2.05) is 12.1 Å². The Bertz CT molecular complexity index is 569. The van der Waals surface area contributed by atoms with Gasteiger partial charge >= 0.3 is 0 Å². The number of primary sulfonamides is 1. The largest absolute Gasteiger partial charge is 0.351 e. The number of carbonyl (C=O) groups excluding carboxylic acids is 1. The van der Waals surface area contributed by atoms with Crippen LogP contribution < -0.4 is 15.8 Å². The predicted molar refractivity (Wildman–Crippen MR) is 67.3 cm³/mol. The van der Waals surface area contributed by atoms with Gasteiger partial charge in [0, 0.05) is 25.2 Å². The predicted octanol–water partition coefficient (Wildman–Crippen LogP) is -0.692. The van der Waals surface area contributed by atoms with E-state index in [4.69, 9.17) is 5.14 Å². The average molecular weight is 269 g/mol. The molecule has 7 heteroatoms. The second-order valence-corrected chi connectivity index (χ2v) is 5.94. The number of benzene rings is 1. The fraction of sp³-hybridized carbons (Fsp3) is 0.364. The van der Waals surface area contributed by atoms with Gasteiger partial charge in [-0.2, -0.15) is 0 Å². The summed E-state index contributed by atoms with van der Waals surface area (Å²) in [4.78, 5) is 11.8. The third kappa shape index (κ3) is 3.28. The van der Waals surface area contributed by atoms with Gasteiger partial charge in [0.05, 0.1) is 5.75 Å². The summed E-state index contributed by atoms with van der Waals surface area (Å²) in [5.41, 5.74) is 2.83. The summed E-state index contributed by atoms with van der Waals surface area (Å²) in [6, 6.07) is 5.46. The molecule has 1 aromatic rings. The Balaban J connectivity index is 1.97. The van der Waals surface area contributed by atoms with Gasteiger partial charge in [-0.1, -0.05) is 6.07 Å². The molecule has 4 N–H and O–H groups in total. The van der Waals surface area contributed by atoms with Crippen molar-refractivity contribution < 1.29 is 13.2 Å². The molecule has 1 aliphatic heterocycles. The lowest BCUT2D eigenvalue weighted by atomic mass is 10.1. The lowest BCUT2D eigenvalue weighted by Crippen LogP contribution is -2.31. The van der Waals surface area contributed by atoms with Gasteiger partial charge in [-0.05, 0) is 23.3 Å². The summed E-state index contributed by atoms with van der Waals surface area (Å²) in [6.07, 6.45) is 0. The van der Waals surface area contributed by atoms with Gasteiger partial charge in [-0.15, -0.1) is 0 Å². The fourth-order valence-electron chi connectivity index (χ4n) is 1.84. The molecule has 0 fully saturated rings. The van der Waals surface area contributed by atoms with E-state index in [0.29, 0.717) is 5.56 Å². The zero-order chi connectivity index (χ0) is 13.2. The number of sulfonamides is 1. The van der Waals surface area contributed by atoms with E-state index >= 15 is 0 Å². The fourth-order valence-corrected chi connectivity index (χ4v) is 2.23. The molecule has 98 valence electrons. The van der Waals surface area contributed by atoms with Crippen LogP contribution in [0.3, 0.4) is 0 Å². The van der Waals surface area contributed by atoms with E-state index in [2.05, 4.69) is 10.6 Å². The van der Waals surface area contributed by atoms with Crippen LogP contribution >= 0.6 is 0 Å². The average Bonchev–Trinajstić information content (AvgIpc) is 2.73. The molecule has 6 nitrogen and oxygen atoms in total. The minimum atomic E-state index is -3.54. The lowest BCUT2D eigenvalue weighted by molar-refractivity contribution is 0.0956. The second-order valence-electron chi connectivity index (χ2n) is 4.21. The van der Waals surface area contributed by atoms with Crippen molar-refractivity contribution >= 4 is 15.9 Å². The molecule has 18 heavy (non-hydrogen) atoms. The van der Waals surface area contributed by atoms with Crippen LogP contribution in [0.5, 0.6) is 0 Å². The number of nitrogens with one attached hydrogen (secondary N) is 2. The van der Waals surface area contributed by atoms with Crippen LogP contribution in [0.15, 0.2) is 18.2 Å². The van der Waals surface area contributed by atoms with Gasteiger partial charge in [-0.3, -0.25) is 4.79 Å². The summed E-state index contributed by atoms with van der Waals surface area (Å²) < 4.78 is 21.4. The van der Waals surface area contributed by atoms with E-state index in [1.165, 1.54) is 5.56 Å². The Labute approximate surface area is 106 Å². The third-order valence-corrected chi connectivity index (χ3v) is 3.54. The van der Waals surface area contributed by atoms with E-state index in [9.17, 15) is 13.2 Å². The molecular weight excluding hydrogens is 254 g/mol. The Hall–Kier alpha value is -1.44. The maximum Gasteiger partial charge on any atom is 0.251 e. The molecule has 0 saturated heterocycles. The van der Waals surface area contributed by atoms with Crippen molar-refractivity contribution in [2.45, 2.75) is 13.1 Å². The van der Waals surface area contributed by atoms with Crippen molar-refractivity contribution in [2.24, 2.45) is 5.14 Å². The first-order valence-electron chi connectivity index (χ1n) is 5.57. The molecule has 1 amide bonds. The Morgan fingerprint density at radius 1 is 1.33 bits per heavy atom. The normalized spacial score (nSPS) is 14.3. The molecule has 0 saturated carbocycles. The van der Waals surface area contributed by atoms with Crippen molar-refractivity contribution in [1.29, 1.82) is 0 Å². The smallest absolute Gasteiger partial charge is 0.251 e. The SMILES string of the molecule is NS(=O)(=O)CCNC(=O)c1ccc2c(c1)CNC2. The second kappa shape index (κ2) is 5.05. The first-order chi connectivity index (χ1) is 8.46. The minimum Gasteiger partial charge on any atom is -0.351 e. The first kappa shape index (κ1) is 13.0. The van der Waals surface area contributed by atoms with Crippen LogP contribution in [0, 0.1) is 0 Å². The molecule has 2 rings (SSSR count). The summed E-state index contributed by atoms with van der Waals surface area (Å²) >= 11 is 0. The van der Waals surface area contributed by atoms with Crippen LogP contribution in [-0.4, -0.2) is 26.6 Å². The zero-order valence-electron chi connectivity index (χ0n) is 9.77. The van der Waals surface area contributed by atoms with E-state index < -0.39 is 10.0 Å².